The zero-order valence-electron chi connectivity index (χ0n) is 10.1. The van der Waals surface area contributed by atoms with E-state index in [0.717, 1.165) is 6.42 Å². The molecule has 0 aliphatic heterocycles. The van der Waals surface area contributed by atoms with Crippen molar-refractivity contribution in [1.29, 1.82) is 0 Å². The molecule has 1 nitrogen and oxygen atoms in total. The molecule has 0 radical (unpaired) electrons. The molecule has 1 heteroatoms. The van der Waals surface area contributed by atoms with Crippen LogP contribution in [0, 0.1) is 19.3 Å². The van der Waals surface area contributed by atoms with Crippen LogP contribution in [0.3, 0.4) is 0 Å². The fourth-order valence-corrected chi connectivity index (χ4v) is 2.42. The first-order valence-corrected chi connectivity index (χ1v) is 6.06. The van der Waals surface area contributed by atoms with Gasteiger partial charge in [0.25, 0.3) is 0 Å². The Morgan fingerprint density at radius 2 is 2.38 bits per heavy atom. The van der Waals surface area contributed by atoms with Crippen molar-refractivity contribution in [2.75, 3.05) is 0 Å². The van der Waals surface area contributed by atoms with Crippen molar-refractivity contribution < 1.29 is 0 Å². The monoisotopic (exact) mass is 213 g/mol. The van der Waals surface area contributed by atoms with Gasteiger partial charge in [0, 0.05) is 6.04 Å². The summed E-state index contributed by atoms with van der Waals surface area (Å²) in [5.74, 6) is 2.81. The largest absolute Gasteiger partial charge is 0.297 e. The standard InChI is InChI=1S/C15H19N/c1-4-13(5-2)16-15-9-8-12-7-6-11(3)10-14(12)15/h1,6-7,10,13,15-16H,5,8-9H2,2-3H3. The second-order valence-electron chi connectivity index (χ2n) is 4.59. The Hall–Kier alpha value is -1.26. The Kier molecular flexibility index (Phi) is 3.31. The van der Waals surface area contributed by atoms with Gasteiger partial charge in [-0.3, -0.25) is 5.32 Å². The number of nitrogens with one attached hydrogen (secondary N) is 1. The molecule has 2 rings (SSSR count). The summed E-state index contributed by atoms with van der Waals surface area (Å²) in [4.78, 5) is 0. The molecular weight excluding hydrogens is 194 g/mol. The Morgan fingerprint density at radius 1 is 1.56 bits per heavy atom. The van der Waals surface area contributed by atoms with Crippen LogP contribution in [0.4, 0.5) is 0 Å². The van der Waals surface area contributed by atoms with E-state index in [2.05, 4.69) is 43.3 Å². The van der Waals surface area contributed by atoms with E-state index in [-0.39, 0.29) is 6.04 Å². The second-order valence-corrected chi connectivity index (χ2v) is 4.59. The first-order chi connectivity index (χ1) is 7.74. The van der Waals surface area contributed by atoms with Crippen molar-refractivity contribution in [2.45, 2.75) is 45.2 Å². The Balaban J connectivity index is 2.17. The molecule has 1 aliphatic carbocycles. The molecule has 0 bridgehead atoms. The maximum Gasteiger partial charge on any atom is 0.0689 e. The number of terminal acetylenes is 1. The first kappa shape index (κ1) is 11.2. The number of hydrogen-bond donors (Lipinski definition) is 1. The predicted molar refractivity (Wildman–Crippen MR) is 68.3 cm³/mol. The number of aryl methyl sites for hydroxylation is 2. The van der Waals surface area contributed by atoms with Gasteiger partial charge in [-0.2, -0.15) is 0 Å². The summed E-state index contributed by atoms with van der Waals surface area (Å²) < 4.78 is 0. The third-order valence-electron chi connectivity index (χ3n) is 3.39. The molecule has 0 saturated carbocycles. The van der Waals surface area contributed by atoms with Crippen LogP contribution in [0.5, 0.6) is 0 Å². The second kappa shape index (κ2) is 4.72. The summed E-state index contributed by atoms with van der Waals surface area (Å²) in [5.41, 5.74) is 4.27. The Morgan fingerprint density at radius 3 is 3.06 bits per heavy atom. The van der Waals surface area contributed by atoms with Gasteiger partial charge in [-0.05, 0) is 37.3 Å². The minimum atomic E-state index is 0.205. The molecule has 1 N–H and O–H groups in total. The summed E-state index contributed by atoms with van der Waals surface area (Å²) in [6, 6.07) is 7.40. The first-order valence-electron chi connectivity index (χ1n) is 6.06. The molecule has 0 spiro atoms. The molecule has 1 aromatic carbocycles. The van der Waals surface area contributed by atoms with Gasteiger partial charge in [-0.25, -0.2) is 0 Å². The highest BCUT2D eigenvalue weighted by molar-refractivity contribution is 5.37. The number of fused-ring (bicyclic) bond motifs is 1. The smallest absolute Gasteiger partial charge is 0.0689 e. The van der Waals surface area contributed by atoms with Crippen LogP contribution < -0.4 is 5.32 Å². The number of hydrogen-bond acceptors (Lipinski definition) is 1. The normalized spacial score (nSPS) is 20.2. The maximum absolute atomic E-state index is 5.50. The number of rotatable bonds is 3. The van der Waals surface area contributed by atoms with Gasteiger partial charge >= 0.3 is 0 Å². The van der Waals surface area contributed by atoms with E-state index < -0.39 is 0 Å². The fraction of sp³-hybridized carbons (Fsp3) is 0.467. The zero-order chi connectivity index (χ0) is 11.5. The number of benzene rings is 1. The predicted octanol–water partition coefficient (Wildman–Crippen LogP) is 2.98. The lowest BCUT2D eigenvalue weighted by atomic mass is 10.0. The van der Waals surface area contributed by atoms with E-state index in [1.807, 2.05) is 0 Å². The molecule has 84 valence electrons. The highest BCUT2D eigenvalue weighted by Crippen LogP contribution is 2.32. The van der Waals surface area contributed by atoms with Crippen LogP contribution in [0.15, 0.2) is 18.2 Å². The summed E-state index contributed by atoms with van der Waals surface area (Å²) >= 11 is 0. The van der Waals surface area contributed by atoms with Crippen LogP contribution in [-0.2, 0) is 6.42 Å². The van der Waals surface area contributed by atoms with Crippen LogP contribution in [0.25, 0.3) is 0 Å². The molecule has 1 aliphatic rings. The van der Waals surface area contributed by atoms with Crippen molar-refractivity contribution >= 4 is 0 Å². The van der Waals surface area contributed by atoms with Crippen molar-refractivity contribution in [3.63, 3.8) is 0 Å². The Labute approximate surface area is 98.3 Å². The molecule has 2 unspecified atom stereocenters. The molecule has 0 fully saturated rings. The Bertz CT molecular complexity index is 414. The molecule has 0 saturated heterocycles. The summed E-state index contributed by atoms with van der Waals surface area (Å²) in [7, 11) is 0. The van der Waals surface area contributed by atoms with E-state index in [9.17, 15) is 0 Å². The molecule has 16 heavy (non-hydrogen) atoms. The van der Waals surface area contributed by atoms with Gasteiger partial charge < -0.3 is 0 Å². The van der Waals surface area contributed by atoms with Crippen molar-refractivity contribution in [3.8, 4) is 12.3 Å². The molecule has 0 aromatic heterocycles. The molecular formula is C15H19N. The van der Waals surface area contributed by atoms with Crippen LogP contribution in [-0.4, -0.2) is 6.04 Å². The molecule has 2 atom stereocenters. The van der Waals surface area contributed by atoms with Crippen molar-refractivity contribution in [1.82, 2.24) is 5.32 Å². The third kappa shape index (κ3) is 2.13. The molecule has 0 amide bonds. The third-order valence-corrected chi connectivity index (χ3v) is 3.39. The van der Waals surface area contributed by atoms with E-state index in [4.69, 9.17) is 6.42 Å². The molecule has 0 heterocycles. The lowest BCUT2D eigenvalue weighted by Crippen LogP contribution is -2.30. The lowest BCUT2D eigenvalue weighted by Gasteiger charge is -2.18. The SMILES string of the molecule is C#CC(CC)NC1CCc2ccc(C)cc21. The van der Waals surface area contributed by atoms with Crippen LogP contribution >= 0.6 is 0 Å². The quantitative estimate of drug-likeness (QED) is 0.761. The van der Waals surface area contributed by atoms with Gasteiger partial charge in [0.15, 0.2) is 0 Å². The highest BCUT2D eigenvalue weighted by Gasteiger charge is 2.23. The van der Waals surface area contributed by atoms with E-state index >= 15 is 0 Å². The minimum absolute atomic E-state index is 0.205. The highest BCUT2D eigenvalue weighted by atomic mass is 14.9. The zero-order valence-corrected chi connectivity index (χ0v) is 10.1. The van der Waals surface area contributed by atoms with E-state index in [1.54, 1.807) is 0 Å². The summed E-state index contributed by atoms with van der Waals surface area (Å²) in [5, 5.41) is 3.56. The van der Waals surface area contributed by atoms with E-state index in [0.29, 0.717) is 6.04 Å². The average molecular weight is 213 g/mol. The van der Waals surface area contributed by atoms with Gasteiger partial charge in [-0.1, -0.05) is 36.6 Å². The van der Waals surface area contributed by atoms with Crippen molar-refractivity contribution in [2.24, 2.45) is 0 Å². The lowest BCUT2D eigenvalue weighted by molar-refractivity contribution is 0.481. The van der Waals surface area contributed by atoms with Gasteiger partial charge in [-0.15, -0.1) is 6.42 Å². The van der Waals surface area contributed by atoms with E-state index in [1.165, 1.54) is 29.5 Å². The molecule has 1 aromatic rings. The average Bonchev–Trinajstić information content (AvgIpc) is 2.68. The summed E-state index contributed by atoms with van der Waals surface area (Å²) in [6.45, 7) is 4.28. The van der Waals surface area contributed by atoms with Gasteiger partial charge in [0.1, 0.15) is 0 Å². The van der Waals surface area contributed by atoms with Gasteiger partial charge in [0.2, 0.25) is 0 Å². The maximum atomic E-state index is 5.50. The minimum Gasteiger partial charge on any atom is -0.297 e. The topological polar surface area (TPSA) is 12.0 Å². The summed E-state index contributed by atoms with van der Waals surface area (Å²) in [6.07, 6.45) is 8.85. The van der Waals surface area contributed by atoms with Crippen LogP contribution in [0.1, 0.15) is 42.5 Å². The van der Waals surface area contributed by atoms with Gasteiger partial charge in [0.05, 0.1) is 6.04 Å². The van der Waals surface area contributed by atoms with Crippen LogP contribution in [0.2, 0.25) is 0 Å². The van der Waals surface area contributed by atoms with Crippen molar-refractivity contribution in [3.05, 3.63) is 34.9 Å². The fourth-order valence-electron chi connectivity index (χ4n) is 2.42.